The molecule has 0 fully saturated rings. The van der Waals surface area contributed by atoms with Gasteiger partial charge in [0.2, 0.25) is 20.0 Å². The van der Waals surface area contributed by atoms with Crippen molar-refractivity contribution in [1.29, 1.82) is 0 Å². The van der Waals surface area contributed by atoms with Crippen molar-refractivity contribution >= 4 is 49.4 Å². The van der Waals surface area contributed by atoms with E-state index >= 15 is 0 Å². The van der Waals surface area contributed by atoms with Gasteiger partial charge in [-0.2, -0.15) is 13.2 Å². The zero-order valence-electron chi connectivity index (χ0n) is 21.7. The molecular weight excluding hydrogens is 591 g/mol. The first kappa shape index (κ1) is 28.2. The van der Waals surface area contributed by atoms with Crippen LogP contribution in [0.25, 0.3) is 4.96 Å². The van der Waals surface area contributed by atoms with E-state index in [9.17, 15) is 26.4 Å². The topological polar surface area (TPSA) is 132 Å². The Labute approximate surface area is 235 Å². The molecule has 17 heteroatoms. The maximum atomic E-state index is 13.6. The highest BCUT2D eigenvalue weighted by Gasteiger charge is 2.41. The first-order chi connectivity index (χ1) is 18.7. The summed E-state index contributed by atoms with van der Waals surface area (Å²) >= 11 is 1.81. The lowest BCUT2D eigenvalue weighted by Gasteiger charge is -2.35. The number of pyridine rings is 1. The minimum Gasteiger partial charge on any atom is -0.482 e. The van der Waals surface area contributed by atoms with Crippen molar-refractivity contribution in [2.45, 2.75) is 45.8 Å². The molecule has 40 heavy (non-hydrogen) atoms. The van der Waals surface area contributed by atoms with Gasteiger partial charge in [0.05, 0.1) is 38.9 Å². The van der Waals surface area contributed by atoms with Crippen LogP contribution in [-0.2, 0) is 33.8 Å². The summed E-state index contributed by atoms with van der Waals surface area (Å²) in [5.41, 5.74) is 2.10. The lowest BCUT2D eigenvalue weighted by atomic mass is 10.00. The summed E-state index contributed by atoms with van der Waals surface area (Å²) in [5, 5.41) is 3.55. The van der Waals surface area contributed by atoms with Crippen LogP contribution in [0.5, 0.6) is 5.75 Å². The number of rotatable bonds is 7. The average Bonchev–Trinajstić information content (AvgIpc) is 3.53. The van der Waals surface area contributed by atoms with E-state index in [1.54, 1.807) is 11.8 Å². The highest BCUT2D eigenvalue weighted by molar-refractivity contribution is 7.92. The molecule has 4 aromatic rings. The Morgan fingerprint density at radius 3 is 2.58 bits per heavy atom. The molecule has 0 bridgehead atoms. The number of ether oxygens (including phenoxy) is 1. The number of nitrogens with zero attached hydrogens (tertiary/aromatic N) is 6. The molecule has 1 amide bonds. The van der Waals surface area contributed by atoms with Gasteiger partial charge < -0.3 is 9.64 Å². The number of hydrogen-bond donors (Lipinski definition) is 1. The highest BCUT2D eigenvalue weighted by atomic mass is 32.2. The summed E-state index contributed by atoms with van der Waals surface area (Å²) in [6.45, 7) is 5.31. The largest absolute Gasteiger partial charge is 0.482 e. The lowest BCUT2D eigenvalue weighted by Crippen LogP contribution is -2.43. The van der Waals surface area contributed by atoms with Crippen LogP contribution in [0, 0.1) is 13.8 Å². The zero-order valence-corrected chi connectivity index (χ0v) is 24.2. The third-order valence-electron chi connectivity index (χ3n) is 6.13. The Hall–Kier alpha value is -3.31. The number of thiazole rings is 1. The molecule has 5 heterocycles. The summed E-state index contributed by atoms with van der Waals surface area (Å²) in [7, 11) is -3.52. The predicted molar refractivity (Wildman–Crippen MR) is 142 cm³/mol. The van der Waals surface area contributed by atoms with Crippen LogP contribution in [0.1, 0.15) is 50.6 Å². The molecule has 0 saturated carbocycles. The number of anilines is 1. The van der Waals surface area contributed by atoms with Gasteiger partial charge in [-0.25, -0.2) is 27.9 Å². The normalized spacial score (nSPS) is 15.9. The number of carbonyl (C=O) groups is 1. The highest BCUT2D eigenvalue weighted by Crippen LogP contribution is 2.42. The number of imidazole rings is 1. The molecule has 1 atom stereocenters. The molecule has 0 aliphatic carbocycles. The molecule has 0 radical (unpaired) electrons. The summed E-state index contributed by atoms with van der Waals surface area (Å²) < 4.78 is 72.7. The van der Waals surface area contributed by atoms with Gasteiger partial charge in [0, 0.05) is 13.0 Å². The van der Waals surface area contributed by atoms with Gasteiger partial charge in [-0.3, -0.25) is 9.52 Å². The second kappa shape index (κ2) is 10.3. The Morgan fingerprint density at radius 1 is 1.20 bits per heavy atom. The Bertz CT molecular complexity index is 1710. The van der Waals surface area contributed by atoms with Gasteiger partial charge in [-0.05, 0) is 32.4 Å². The molecule has 0 spiro atoms. The number of carbonyl (C=O) groups excluding carboxylic acids is 1. The first-order valence-electron chi connectivity index (χ1n) is 12.0. The summed E-state index contributed by atoms with van der Waals surface area (Å²) in [6.07, 6.45) is -2.86. The van der Waals surface area contributed by atoms with Crippen LogP contribution < -0.4 is 9.46 Å². The average molecular weight is 616 g/mol. The fourth-order valence-corrected chi connectivity index (χ4v) is 6.89. The van der Waals surface area contributed by atoms with Crippen LogP contribution in [0.3, 0.4) is 0 Å². The number of aryl methyl sites for hydroxylation is 3. The van der Waals surface area contributed by atoms with Crippen molar-refractivity contribution in [3.05, 3.63) is 49.8 Å². The molecule has 1 unspecified atom stereocenters. The monoisotopic (exact) mass is 615 g/mol. The third kappa shape index (κ3) is 5.49. The number of halogens is 3. The molecule has 1 N–H and O–H groups in total. The van der Waals surface area contributed by atoms with Crippen LogP contribution in [0.15, 0.2) is 12.1 Å². The van der Waals surface area contributed by atoms with Gasteiger partial charge in [-0.15, -0.1) is 16.4 Å². The fraction of sp³-hybridized carbons (Fsp3) is 0.435. The predicted octanol–water partition coefficient (Wildman–Crippen LogP) is 3.76. The van der Waals surface area contributed by atoms with E-state index < -0.39 is 33.2 Å². The van der Waals surface area contributed by atoms with Crippen LogP contribution in [0.2, 0.25) is 0 Å². The molecule has 214 valence electrons. The maximum Gasteiger partial charge on any atom is 0.445 e. The number of hydrogen-bond acceptors (Lipinski definition) is 10. The summed E-state index contributed by atoms with van der Waals surface area (Å²) in [6, 6.07) is 2.21. The van der Waals surface area contributed by atoms with Gasteiger partial charge in [0.25, 0.3) is 5.91 Å². The number of fused-ring (bicyclic) bond motifs is 3. The number of alkyl halides is 3. The van der Waals surface area contributed by atoms with E-state index in [1.165, 1.54) is 28.0 Å². The first-order valence-corrected chi connectivity index (χ1v) is 15.6. The minimum absolute atomic E-state index is 0.105. The number of nitrogens with one attached hydrogen (secondary N) is 1. The number of amides is 1. The van der Waals surface area contributed by atoms with E-state index in [2.05, 4.69) is 24.8 Å². The fourth-order valence-electron chi connectivity index (χ4n) is 4.56. The van der Waals surface area contributed by atoms with Crippen molar-refractivity contribution in [3.8, 4) is 5.75 Å². The Morgan fingerprint density at radius 2 is 1.95 bits per heavy atom. The van der Waals surface area contributed by atoms with Crippen LogP contribution >= 0.6 is 22.7 Å². The van der Waals surface area contributed by atoms with E-state index in [1.807, 2.05) is 13.8 Å². The molecule has 1 aliphatic rings. The summed E-state index contributed by atoms with van der Waals surface area (Å²) in [4.78, 5) is 29.1. The van der Waals surface area contributed by atoms with E-state index in [0.717, 1.165) is 11.3 Å². The SMILES string of the molecule is CCc1nc(NS(C)(=O)=O)ccc1OCC(=O)N1CCc2nc3sc(C(F)(F)F)nn3c2C1c1sc(C)nc1C. The van der Waals surface area contributed by atoms with E-state index in [4.69, 9.17) is 4.74 Å². The Balaban J connectivity index is 1.47. The van der Waals surface area contributed by atoms with Gasteiger partial charge in [0.15, 0.2) is 6.61 Å². The maximum absolute atomic E-state index is 13.6. The van der Waals surface area contributed by atoms with Gasteiger partial charge in [-0.1, -0.05) is 18.3 Å². The van der Waals surface area contributed by atoms with Crippen molar-refractivity contribution in [1.82, 2.24) is 29.5 Å². The molecule has 1 aliphatic heterocycles. The smallest absolute Gasteiger partial charge is 0.445 e. The second-order valence-electron chi connectivity index (χ2n) is 9.12. The van der Waals surface area contributed by atoms with Crippen LogP contribution in [-0.4, -0.2) is 63.2 Å². The van der Waals surface area contributed by atoms with Crippen molar-refractivity contribution < 1.29 is 31.1 Å². The molecular formula is C23H24F3N7O4S3. The van der Waals surface area contributed by atoms with Crippen molar-refractivity contribution in [3.63, 3.8) is 0 Å². The van der Waals surface area contributed by atoms with Crippen molar-refractivity contribution in [2.24, 2.45) is 0 Å². The van der Waals surface area contributed by atoms with E-state index in [0.29, 0.717) is 57.6 Å². The Kier molecular flexibility index (Phi) is 7.24. The second-order valence-corrected chi connectivity index (χ2v) is 13.1. The lowest BCUT2D eigenvalue weighted by molar-refractivity contribution is -0.138. The van der Waals surface area contributed by atoms with Gasteiger partial charge >= 0.3 is 6.18 Å². The number of aromatic nitrogens is 5. The van der Waals surface area contributed by atoms with Crippen molar-refractivity contribution in [2.75, 3.05) is 24.1 Å². The zero-order chi connectivity index (χ0) is 29.0. The van der Waals surface area contributed by atoms with E-state index in [-0.39, 0.29) is 23.9 Å². The minimum atomic E-state index is -4.62. The molecule has 4 aromatic heterocycles. The third-order valence-corrected chi connectivity index (χ3v) is 8.79. The van der Waals surface area contributed by atoms with Gasteiger partial charge in [0.1, 0.15) is 17.6 Å². The van der Waals surface area contributed by atoms with Crippen LogP contribution in [0.4, 0.5) is 19.0 Å². The molecule has 0 aromatic carbocycles. The molecule has 5 rings (SSSR count). The number of sulfonamides is 1. The quantitative estimate of drug-likeness (QED) is 0.333. The molecule has 0 saturated heterocycles. The summed E-state index contributed by atoms with van der Waals surface area (Å²) in [5.74, 6) is 0.0432. The molecule has 11 nitrogen and oxygen atoms in total. The standard InChI is InChI=1S/C23H24F3N7O4S3/c1-5-13-15(6-7-16(28-13)31-40(4,35)36)37-10-17(34)32-9-8-14-18(19(32)20-11(2)27-12(3)38-20)33-22(29-14)39-21(30-33)23(24,25)26/h6-7,19H,5,8-10H2,1-4H3,(H,28,31).